The fourth-order valence-corrected chi connectivity index (χ4v) is 7.01. The van der Waals surface area contributed by atoms with Gasteiger partial charge in [0.05, 0.1) is 33.3 Å². The third-order valence-electron chi connectivity index (χ3n) is 7.50. The lowest BCUT2D eigenvalue weighted by Gasteiger charge is -2.23. The van der Waals surface area contributed by atoms with Gasteiger partial charge in [0, 0.05) is 26.3 Å². The molecule has 5 nitrogen and oxygen atoms in total. The average Bonchev–Trinajstić information content (AvgIpc) is 3.58. The number of imidazole rings is 2. The van der Waals surface area contributed by atoms with Crippen molar-refractivity contribution in [1.29, 1.82) is 0 Å². The Labute approximate surface area is 227 Å². The summed E-state index contributed by atoms with van der Waals surface area (Å²) < 4.78 is 4.54. The standard InChI is InChI=1S/C33H19N5S/c1-2-10-20(11-3-1)31-36-25-16-9-19-28-29(25)37(31)27-18-8-13-22(30(27)39-28)33-34-23-14-5-4-12-21(23)32-35-24-15-6-7-17-26(24)38(32)33/h1-19H. The molecule has 0 bridgehead atoms. The molecule has 4 heterocycles. The van der Waals surface area contributed by atoms with Crippen molar-refractivity contribution in [2.24, 2.45) is 0 Å². The van der Waals surface area contributed by atoms with Gasteiger partial charge in [-0.25, -0.2) is 15.0 Å². The van der Waals surface area contributed by atoms with Crippen molar-refractivity contribution >= 4 is 50.4 Å². The largest absolute Gasteiger partial charge is 0.290 e. The van der Waals surface area contributed by atoms with E-state index in [2.05, 4.69) is 106 Å². The van der Waals surface area contributed by atoms with Gasteiger partial charge in [0.15, 0.2) is 0 Å². The highest BCUT2D eigenvalue weighted by Crippen LogP contribution is 2.48. The summed E-state index contributed by atoms with van der Waals surface area (Å²) in [4.78, 5) is 17.8. The number of fused-ring (bicyclic) bond motifs is 7. The molecule has 0 saturated carbocycles. The lowest BCUT2D eigenvalue weighted by Crippen LogP contribution is -2.06. The molecule has 0 N–H and O–H groups in total. The Morgan fingerprint density at radius 1 is 0.564 bits per heavy atom. The Morgan fingerprint density at radius 3 is 2.23 bits per heavy atom. The fourth-order valence-electron chi connectivity index (χ4n) is 5.81. The summed E-state index contributed by atoms with van der Waals surface area (Å²) in [5, 5.41) is 1.04. The van der Waals surface area contributed by atoms with Crippen LogP contribution in [0.25, 0.3) is 67.1 Å². The van der Waals surface area contributed by atoms with Gasteiger partial charge in [-0.3, -0.25) is 8.97 Å². The second-order valence-electron chi connectivity index (χ2n) is 9.73. The molecular formula is C33H19N5S. The quantitative estimate of drug-likeness (QED) is 0.232. The van der Waals surface area contributed by atoms with E-state index in [1.807, 2.05) is 18.2 Å². The molecule has 9 rings (SSSR count). The molecule has 0 saturated heterocycles. The van der Waals surface area contributed by atoms with Gasteiger partial charge in [-0.1, -0.05) is 78.5 Å². The SMILES string of the molecule is c1ccc(-c2nc3cccc4c3n2-c2cccc(-c3nc5ccccc5c5nc6ccccc6n35)c2S4)cc1. The fraction of sp³-hybridized carbons (Fsp3) is 0. The number of aromatic nitrogens is 5. The molecule has 0 amide bonds. The normalized spacial score (nSPS) is 12.5. The third-order valence-corrected chi connectivity index (χ3v) is 8.69. The number of nitrogens with zero attached hydrogens (tertiary/aromatic N) is 5. The number of benzene rings is 5. The van der Waals surface area contributed by atoms with Crippen LogP contribution in [0.2, 0.25) is 0 Å². The lowest BCUT2D eigenvalue weighted by molar-refractivity contribution is 1.03. The molecule has 6 heteroatoms. The van der Waals surface area contributed by atoms with E-state index in [1.165, 1.54) is 4.90 Å². The van der Waals surface area contributed by atoms with Crippen LogP contribution in [0.5, 0.6) is 0 Å². The lowest BCUT2D eigenvalue weighted by atomic mass is 10.1. The summed E-state index contributed by atoms with van der Waals surface area (Å²) >= 11 is 1.79. The highest BCUT2D eigenvalue weighted by Gasteiger charge is 2.27. The van der Waals surface area contributed by atoms with E-state index < -0.39 is 0 Å². The first kappa shape index (κ1) is 21.0. The number of hydrogen-bond donors (Lipinski definition) is 0. The van der Waals surface area contributed by atoms with Crippen molar-refractivity contribution in [2.45, 2.75) is 9.79 Å². The van der Waals surface area contributed by atoms with Gasteiger partial charge in [-0.2, -0.15) is 0 Å². The maximum atomic E-state index is 5.26. The molecule has 0 unspecified atom stereocenters. The van der Waals surface area contributed by atoms with Gasteiger partial charge in [0.1, 0.15) is 17.3 Å². The minimum Gasteiger partial charge on any atom is -0.290 e. The van der Waals surface area contributed by atoms with Crippen molar-refractivity contribution in [3.05, 3.63) is 115 Å². The van der Waals surface area contributed by atoms with Gasteiger partial charge in [0.25, 0.3) is 0 Å². The molecule has 0 aliphatic carbocycles. The average molecular weight is 518 g/mol. The zero-order valence-electron chi connectivity index (χ0n) is 20.6. The zero-order valence-corrected chi connectivity index (χ0v) is 21.4. The van der Waals surface area contributed by atoms with E-state index >= 15 is 0 Å². The Morgan fingerprint density at radius 2 is 1.31 bits per heavy atom. The van der Waals surface area contributed by atoms with Gasteiger partial charge >= 0.3 is 0 Å². The van der Waals surface area contributed by atoms with Crippen LogP contribution in [0.15, 0.2) is 125 Å². The van der Waals surface area contributed by atoms with Crippen LogP contribution in [0.4, 0.5) is 0 Å². The summed E-state index contributed by atoms with van der Waals surface area (Å²) in [5.41, 5.74) is 9.30. The first-order valence-electron chi connectivity index (χ1n) is 12.9. The Balaban J connectivity index is 1.41. The van der Waals surface area contributed by atoms with Crippen molar-refractivity contribution in [3.63, 3.8) is 0 Å². The van der Waals surface area contributed by atoms with Crippen LogP contribution in [0.3, 0.4) is 0 Å². The molecule has 8 aromatic rings. The first-order chi connectivity index (χ1) is 19.3. The first-order valence-corrected chi connectivity index (χ1v) is 13.7. The number of rotatable bonds is 2. The third kappa shape index (κ3) is 2.89. The predicted octanol–water partition coefficient (Wildman–Crippen LogP) is 8.17. The van der Waals surface area contributed by atoms with Crippen LogP contribution in [0, 0.1) is 0 Å². The van der Waals surface area contributed by atoms with E-state index in [0.29, 0.717) is 0 Å². The smallest absolute Gasteiger partial charge is 0.149 e. The maximum absolute atomic E-state index is 5.26. The monoisotopic (exact) mass is 517 g/mol. The van der Waals surface area contributed by atoms with Crippen molar-refractivity contribution in [3.8, 4) is 28.5 Å². The van der Waals surface area contributed by atoms with E-state index in [-0.39, 0.29) is 0 Å². The van der Waals surface area contributed by atoms with E-state index in [0.717, 1.165) is 72.0 Å². The Kier molecular flexibility index (Phi) is 4.20. The van der Waals surface area contributed by atoms with Crippen LogP contribution >= 0.6 is 11.8 Å². The summed E-state index contributed by atoms with van der Waals surface area (Å²) in [6.07, 6.45) is 0. The van der Waals surface area contributed by atoms with E-state index in [9.17, 15) is 0 Å². The minimum atomic E-state index is 0.888. The topological polar surface area (TPSA) is 48.0 Å². The predicted molar refractivity (Wildman–Crippen MR) is 158 cm³/mol. The Bertz CT molecular complexity index is 2260. The van der Waals surface area contributed by atoms with Crippen LogP contribution < -0.4 is 0 Å². The van der Waals surface area contributed by atoms with Gasteiger partial charge in [0.2, 0.25) is 0 Å². The molecule has 0 fully saturated rings. The van der Waals surface area contributed by atoms with E-state index in [1.54, 1.807) is 11.8 Å². The molecule has 182 valence electrons. The highest BCUT2D eigenvalue weighted by atomic mass is 32.2. The molecule has 0 radical (unpaired) electrons. The Hall–Kier alpha value is -4.94. The molecule has 39 heavy (non-hydrogen) atoms. The van der Waals surface area contributed by atoms with Gasteiger partial charge < -0.3 is 0 Å². The van der Waals surface area contributed by atoms with Crippen LogP contribution in [0.1, 0.15) is 0 Å². The molecule has 1 aliphatic rings. The second-order valence-corrected chi connectivity index (χ2v) is 10.8. The summed E-state index contributed by atoms with van der Waals surface area (Å²) in [6, 6.07) is 39.9. The molecule has 3 aromatic heterocycles. The van der Waals surface area contributed by atoms with Gasteiger partial charge in [-0.05, 0) is 48.5 Å². The molecule has 0 spiro atoms. The van der Waals surface area contributed by atoms with E-state index in [4.69, 9.17) is 15.0 Å². The highest BCUT2D eigenvalue weighted by molar-refractivity contribution is 8.00. The van der Waals surface area contributed by atoms with Crippen LogP contribution in [-0.2, 0) is 0 Å². The second kappa shape index (κ2) is 7.79. The summed E-state index contributed by atoms with van der Waals surface area (Å²) in [5.74, 6) is 1.83. The van der Waals surface area contributed by atoms with Crippen molar-refractivity contribution in [2.75, 3.05) is 0 Å². The summed E-state index contributed by atoms with van der Waals surface area (Å²) in [6.45, 7) is 0. The number of hydrogen-bond acceptors (Lipinski definition) is 4. The maximum Gasteiger partial charge on any atom is 0.149 e. The molecular weight excluding hydrogens is 498 g/mol. The number of para-hydroxylation sites is 4. The van der Waals surface area contributed by atoms with Gasteiger partial charge in [-0.15, -0.1) is 0 Å². The van der Waals surface area contributed by atoms with Crippen molar-refractivity contribution in [1.82, 2.24) is 23.9 Å². The molecule has 1 aliphatic heterocycles. The molecule has 0 atom stereocenters. The summed E-state index contributed by atoms with van der Waals surface area (Å²) in [7, 11) is 0. The van der Waals surface area contributed by atoms with Crippen molar-refractivity contribution < 1.29 is 0 Å². The van der Waals surface area contributed by atoms with Crippen LogP contribution in [-0.4, -0.2) is 23.9 Å². The zero-order chi connectivity index (χ0) is 25.5. The molecule has 5 aromatic carbocycles. The minimum absolute atomic E-state index is 0.888.